The van der Waals surface area contributed by atoms with Gasteiger partial charge in [0.15, 0.2) is 0 Å². The van der Waals surface area contributed by atoms with Crippen molar-refractivity contribution in [1.82, 2.24) is 14.9 Å². The second-order valence-corrected chi connectivity index (χ2v) is 6.41. The average Bonchev–Trinajstić information content (AvgIpc) is 2.75. The highest BCUT2D eigenvalue weighted by Gasteiger charge is 2.24. The Labute approximate surface area is 168 Å². The number of esters is 1. The molecule has 1 N–H and O–H groups in total. The SMILES string of the molecule is CCOC(=O)c1ccccc1NC(=O)CC(=O)N1CCN(c2ncccn2)CC1. The predicted octanol–water partition coefficient (Wildman–Crippen LogP) is 1.33. The molecule has 1 fully saturated rings. The minimum Gasteiger partial charge on any atom is -0.462 e. The summed E-state index contributed by atoms with van der Waals surface area (Å²) in [5.74, 6) is -0.618. The minimum absolute atomic E-state index is 0.236. The molecule has 9 heteroatoms. The van der Waals surface area contributed by atoms with Crippen molar-refractivity contribution in [3.8, 4) is 0 Å². The van der Waals surface area contributed by atoms with Gasteiger partial charge in [0, 0.05) is 38.6 Å². The molecular formula is C20H23N5O4. The lowest BCUT2D eigenvalue weighted by Gasteiger charge is -2.34. The number of rotatable bonds is 6. The van der Waals surface area contributed by atoms with Crippen LogP contribution in [-0.2, 0) is 14.3 Å². The summed E-state index contributed by atoms with van der Waals surface area (Å²) in [7, 11) is 0. The van der Waals surface area contributed by atoms with Crippen LogP contribution in [0.15, 0.2) is 42.7 Å². The summed E-state index contributed by atoms with van der Waals surface area (Å²) in [6, 6.07) is 8.31. The van der Waals surface area contributed by atoms with Gasteiger partial charge in [-0.1, -0.05) is 12.1 Å². The Morgan fingerprint density at radius 1 is 1.03 bits per heavy atom. The summed E-state index contributed by atoms with van der Waals surface area (Å²) in [4.78, 5) is 48.9. The van der Waals surface area contributed by atoms with Crippen LogP contribution >= 0.6 is 0 Å². The largest absolute Gasteiger partial charge is 0.462 e. The fraction of sp³-hybridized carbons (Fsp3) is 0.350. The van der Waals surface area contributed by atoms with E-state index in [4.69, 9.17) is 4.74 Å². The molecular weight excluding hydrogens is 374 g/mol. The number of hydrogen-bond donors (Lipinski definition) is 1. The molecule has 152 valence electrons. The van der Waals surface area contributed by atoms with Crippen LogP contribution in [0.3, 0.4) is 0 Å². The number of carbonyl (C=O) groups is 3. The normalized spacial score (nSPS) is 13.7. The van der Waals surface area contributed by atoms with Crippen molar-refractivity contribution < 1.29 is 19.1 Å². The van der Waals surface area contributed by atoms with Crippen molar-refractivity contribution in [1.29, 1.82) is 0 Å². The molecule has 9 nitrogen and oxygen atoms in total. The smallest absolute Gasteiger partial charge is 0.340 e. The molecule has 1 aromatic carbocycles. The number of hydrogen-bond acceptors (Lipinski definition) is 7. The van der Waals surface area contributed by atoms with E-state index in [1.165, 1.54) is 0 Å². The third-order valence-corrected chi connectivity index (χ3v) is 4.48. The lowest BCUT2D eigenvalue weighted by Crippen LogP contribution is -2.49. The van der Waals surface area contributed by atoms with Gasteiger partial charge < -0.3 is 19.9 Å². The topological polar surface area (TPSA) is 105 Å². The molecule has 1 saturated heterocycles. The Bertz CT molecular complexity index is 866. The molecule has 0 spiro atoms. The van der Waals surface area contributed by atoms with Gasteiger partial charge >= 0.3 is 5.97 Å². The van der Waals surface area contributed by atoms with E-state index >= 15 is 0 Å². The van der Waals surface area contributed by atoms with Crippen LogP contribution in [0.2, 0.25) is 0 Å². The summed E-state index contributed by atoms with van der Waals surface area (Å²) in [5.41, 5.74) is 0.585. The number of nitrogens with zero attached hydrogens (tertiary/aromatic N) is 4. The zero-order valence-corrected chi connectivity index (χ0v) is 16.2. The Hall–Kier alpha value is -3.49. The molecule has 1 aliphatic rings. The number of nitrogens with one attached hydrogen (secondary N) is 1. The van der Waals surface area contributed by atoms with E-state index in [-0.39, 0.29) is 24.5 Å². The Morgan fingerprint density at radius 3 is 2.41 bits per heavy atom. The van der Waals surface area contributed by atoms with Gasteiger partial charge in [0.25, 0.3) is 0 Å². The lowest BCUT2D eigenvalue weighted by atomic mass is 10.1. The maximum atomic E-state index is 12.5. The van der Waals surface area contributed by atoms with Crippen LogP contribution in [-0.4, -0.2) is 65.4 Å². The van der Waals surface area contributed by atoms with Crippen LogP contribution in [0.4, 0.5) is 11.6 Å². The fourth-order valence-electron chi connectivity index (χ4n) is 3.03. The Balaban J connectivity index is 1.53. The van der Waals surface area contributed by atoms with Gasteiger partial charge in [-0.3, -0.25) is 9.59 Å². The van der Waals surface area contributed by atoms with Crippen molar-refractivity contribution in [2.75, 3.05) is 43.0 Å². The fourth-order valence-corrected chi connectivity index (χ4v) is 3.03. The number of amides is 2. The molecule has 29 heavy (non-hydrogen) atoms. The van der Waals surface area contributed by atoms with E-state index in [0.29, 0.717) is 37.8 Å². The summed E-state index contributed by atoms with van der Waals surface area (Å²) < 4.78 is 4.99. The van der Waals surface area contributed by atoms with Crippen molar-refractivity contribution >= 4 is 29.4 Å². The molecule has 1 aliphatic heterocycles. The van der Waals surface area contributed by atoms with Crippen LogP contribution < -0.4 is 10.2 Å². The number of anilines is 2. The summed E-state index contributed by atoms with van der Waals surface area (Å²) in [6.45, 7) is 4.13. The first-order chi connectivity index (χ1) is 14.1. The van der Waals surface area contributed by atoms with Crippen LogP contribution in [0.1, 0.15) is 23.7 Å². The first-order valence-electron chi connectivity index (χ1n) is 9.44. The molecule has 0 saturated carbocycles. The monoisotopic (exact) mass is 397 g/mol. The van der Waals surface area contributed by atoms with E-state index in [9.17, 15) is 14.4 Å². The maximum absolute atomic E-state index is 12.5. The molecule has 0 aliphatic carbocycles. The summed E-state index contributed by atoms with van der Waals surface area (Å²) >= 11 is 0. The van der Waals surface area contributed by atoms with E-state index in [1.54, 1.807) is 54.5 Å². The van der Waals surface area contributed by atoms with E-state index in [2.05, 4.69) is 15.3 Å². The van der Waals surface area contributed by atoms with Gasteiger partial charge in [0.2, 0.25) is 17.8 Å². The van der Waals surface area contributed by atoms with Crippen molar-refractivity contribution in [2.45, 2.75) is 13.3 Å². The molecule has 2 heterocycles. The third kappa shape index (κ3) is 5.28. The van der Waals surface area contributed by atoms with Crippen LogP contribution in [0.25, 0.3) is 0 Å². The molecule has 0 radical (unpaired) electrons. The number of aromatic nitrogens is 2. The first kappa shape index (κ1) is 20.2. The number of carbonyl (C=O) groups excluding carboxylic acids is 3. The van der Waals surface area contributed by atoms with Gasteiger partial charge in [-0.05, 0) is 25.1 Å². The number of piperazine rings is 1. The highest BCUT2D eigenvalue weighted by Crippen LogP contribution is 2.17. The van der Waals surface area contributed by atoms with Gasteiger partial charge in [0.05, 0.1) is 17.9 Å². The Kier molecular flexibility index (Phi) is 6.72. The quantitative estimate of drug-likeness (QED) is 0.579. The zero-order valence-electron chi connectivity index (χ0n) is 16.2. The third-order valence-electron chi connectivity index (χ3n) is 4.48. The molecule has 0 unspecified atom stereocenters. The highest BCUT2D eigenvalue weighted by atomic mass is 16.5. The second-order valence-electron chi connectivity index (χ2n) is 6.41. The van der Waals surface area contributed by atoms with Gasteiger partial charge in [-0.2, -0.15) is 0 Å². The van der Waals surface area contributed by atoms with E-state index in [1.807, 2.05) is 4.90 Å². The minimum atomic E-state index is -0.519. The zero-order chi connectivity index (χ0) is 20.6. The highest BCUT2D eigenvalue weighted by molar-refractivity contribution is 6.06. The maximum Gasteiger partial charge on any atom is 0.340 e. The second kappa shape index (κ2) is 9.63. The molecule has 1 aromatic heterocycles. The number of ether oxygens (including phenoxy) is 1. The van der Waals surface area contributed by atoms with Crippen molar-refractivity contribution in [2.24, 2.45) is 0 Å². The predicted molar refractivity (Wildman–Crippen MR) is 106 cm³/mol. The van der Waals surface area contributed by atoms with Gasteiger partial charge in [-0.25, -0.2) is 14.8 Å². The standard InChI is InChI=1S/C20H23N5O4/c1-2-29-19(28)15-6-3-4-7-16(15)23-17(26)14-18(27)24-10-12-25(13-11-24)20-21-8-5-9-22-20/h3-9H,2,10-14H2,1H3,(H,23,26). The van der Waals surface area contributed by atoms with Crippen molar-refractivity contribution in [3.63, 3.8) is 0 Å². The molecule has 0 bridgehead atoms. The van der Waals surface area contributed by atoms with Crippen molar-refractivity contribution in [3.05, 3.63) is 48.3 Å². The van der Waals surface area contributed by atoms with Gasteiger partial charge in [0.1, 0.15) is 6.42 Å². The number of para-hydroxylation sites is 1. The molecule has 2 aromatic rings. The van der Waals surface area contributed by atoms with Crippen LogP contribution in [0.5, 0.6) is 0 Å². The number of benzene rings is 1. The Morgan fingerprint density at radius 2 is 1.72 bits per heavy atom. The summed E-state index contributed by atoms with van der Waals surface area (Å²) in [5, 5.41) is 2.64. The average molecular weight is 397 g/mol. The summed E-state index contributed by atoms with van der Waals surface area (Å²) in [6.07, 6.45) is 3.07. The van der Waals surface area contributed by atoms with E-state index < -0.39 is 11.9 Å². The molecule has 0 atom stereocenters. The van der Waals surface area contributed by atoms with Crippen LogP contribution in [0, 0.1) is 0 Å². The molecule has 2 amide bonds. The first-order valence-corrected chi connectivity index (χ1v) is 9.44. The van der Waals surface area contributed by atoms with Gasteiger partial charge in [-0.15, -0.1) is 0 Å². The van der Waals surface area contributed by atoms with E-state index in [0.717, 1.165) is 0 Å². The molecule has 3 rings (SSSR count). The lowest BCUT2D eigenvalue weighted by molar-refractivity contribution is -0.134.